The highest BCUT2D eigenvalue weighted by Crippen LogP contribution is 2.31. The van der Waals surface area contributed by atoms with E-state index in [1.54, 1.807) is 6.07 Å². The third kappa shape index (κ3) is 1.74. The normalized spacial score (nSPS) is 16.8. The quantitative estimate of drug-likeness (QED) is 0.691. The van der Waals surface area contributed by atoms with Crippen LogP contribution in [0.15, 0.2) is 24.3 Å². The van der Waals surface area contributed by atoms with Crippen molar-refractivity contribution in [3.05, 3.63) is 35.9 Å². The average Bonchev–Trinajstić information content (AvgIpc) is 2.20. The Morgan fingerprint density at radius 3 is 2.92 bits per heavy atom. The van der Waals surface area contributed by atoms with Crippen LogP contribution in [0, 0.1) is 6.07 Å². The van der Waals surface area contributed by atoms with E-state index in [1.165, 1.54) is 18.4 Å². The Balaban J connectivity index is 2.34. The van der Waals surface area contributed by atoms with Crippen LogP contribution in [0.25, 0.3) is 5.57 Å². The zero-order valence-electron chi connectivity index (χ0n) is 7.59. The minimum Gasteiger partial charge on any atom is -0.507 e. The predicted molar refractivity (Wildman–Crippen MR) is 53.4 cm³/mol. The van der Waals surface area contributed by atoms with Crippen LogP contribution in [0.2, 0.25) is 0 Å². The number of phenols is 1. The first kappa shape index (κ1) is 8.36. The smallest absolute Gasteiger partial charge is 0.123 e. The summed E-state index contributed by atoms with van der Waals surface area (Å²) in [4.78, 5) is 0. The van der Waals surface area contributed by atoms with E-state index >= 15 is 0 Å². The fourth-order valence-corrected chi connectivity index (χ4v) is 1.75. The van der Waals surface area contributed by atoms with Gasteiger partial charge in [-0.05, 0) is 43.4 Å². The molecule has 0 spiro atoms. The van der Waals surface area contributed by atoms with Crippen LogP contribution in [-0.4, -0.2) is 5.11 Å². The van der Waals surface area contributed by atoms with Crippen molar-refractivity contribution in [2.24, 2.45) is 0 Å². The predicted octanol–water partition coefficient (Wildman–Crippen LogP) is 3.15. The summed E-state index contributed by atoms with van der Waals surface area (Å²) >= 11 is 0. The molecule has 1 aromatic carbocycles. The molecule has 67 valence electrons. The van der Waals surface area contributed by atoms with E-state index in [1.807, 2.05) is 12.1 Å². The Kier molecular flexibility index (Phi) is 2.35. The lowest BCUT2D eigenvalue weighted by atomic mass is 9.93. The third-order valence-electron chi connectivity index (χ3n) is 2.45. The standard InChI is InChI=1S/C12H13O/c13-12-9-5-4-8-11(12)10-6-2-1-3-7-10/h4-6,9,13H,1-3,7H2. The highest BCUT2D eigenvalue weighted by Gasteiger charge is 2.09. The van der Waals surface area contributed by atoms with Gasteiger partial charge in [-0.15, -0.1) is 0 Å². The van der Waals surface area contributed by atoms with Crippen LogP contribution in [0.1, 0.15) is 31.2 Å². The van der Waals surface area contributed by atoms with Crippen LogP contribution in [-0.2, 0) is 0 Å². The van der Waals surface area contributed by atoms with Crippen molar-refractivity contribution in [2.45, 2.75) is 25.7 Å². The molecule has 1 heteroatoms. The lowest BCUT2D eigenvalue weighted by molar-refractivity contribution is 0.473. The van der Waals surface area contributed by atoms with Gasteiger partial charge in [0.05, 0.1) is 0 Å². The monoisotopic (exact) mass is 173 g/mol. The van der Waals surface area contributed by atoms with Gasteiger partial charge in [-0.2, -0.15) is 0 Å². The fraction of sp³-hybridized carbons (Fsp3) is 0.333. The Morgan fingerprint density at radius 2 is 2.23 bits per heavy atom. The maximum atomic E-state index is 9.59. The van der Waals surface area contributed by atoms with Gasteiger partial charge in [-0.1, -0.05) is 18.2 Å². The first-order valence-corrected chi connectivity index (χ1v) is 4.77. The van der Waals surface area contributed by atoms with E-state index in [2.05, 4.69) is 12.1 Å². The molecular weight excluding hydrogens is 160 g/mol. The number of allylic oxidation sites excluding steroid dienone is 2. The van der Waals surface area contributed by atoms with Gasteiger partial charge in [-0.3, -0.25) is 0 Å². The number of rotatable bonds is 1. The maximum absolute atomic E-state index is 9.59. The second-order valence-corrected chi connectivity index (χ2v) is 3.41. The highest BCUT2D eigenvalue weighted by atomic mass is 16.3. The lowest BCUT2D eigenvalue weighted by Gasteiger charge is -2.13. The van der Waals surface area contributed by atoms with Gasteiger partial charge < -0.3 is 5.11 Å². The Morgan fingerprint density at radius 1 is 1.31 bits per heavy atom. The number of hydrogen-bond donors (Lipinski definition) is 1. The van der Waals surface area contributed by atoms with Gasteiger partial charge >= 0.3 is 0 Å². The molecule has 1 radical (unpaired) electrons. The average molecular weight is 173 g/mol. The Bertz CT molecular complexity index is 326. The number of aromatic hydroxyl groups is 1. The van der Waals surface area contributed by atoms with Gasteiger partial charge in [0.1, 0.15) is 5.75 Å². The lowest BCUT2D eigenvalue weighted by Crippen LogP contribution is -1.91. The Hall–Kier alpha value is -1.24. The van der Waals surface area contributed by atoms with Crippen molar-refractivity contribution in [3.8, 4) is 5.75 Å². The van der Waals surface area contributed by atoms with Crippen LogP contribution >= 0.6 is 0 Å². The second-order valence-electron chi connectivity index (χ2n) is 3.41. The molecule has 0 amide bonds. The molecule has 0 atom stereocenters. The summed E-state index contributed by atoms with van der Waals surface area (Å²) in [5.41, 5.74) is 2.14. The second kappa shape index (κ2) is 3.65. The largest absolute Gasteiger partial charge is 0.507 e. The van der Waals surface area contributed by atoms with Gasteiger partial charge in [-0.25, -0.2) is 0 Å². The van der Waals surface area contributed by atoms with Crippen molar-refractivity contribution in [1.82, 2.24) is 0 Å². The van der Waals surface area contributed by atoms with E-state index in [9.17, 15) is 5.11 Å². The first-order chi connectivity index (χ1) is 6.38. The molecule has 0 unspecified atom stereocenters. The van der Waals surface area contributed by atoms with E-state index in [0.717, 1.165) is 18.4 Å². The van der Waals surface area contributed by atoms with Crippen molar-refractivity contribution >= 4 is 5.57 Å². The molecule has 1 N–H and O–H groups in total. The van der Waals surface area contributed by atoms with Crippen molar-refractivity contribution in [3.63, 3.8) is 0 Å². The molecule has 0 saturated heterocycles. The minimum absolute atomic E-state index is 0.357. The topological polar surface area (TPSA) is 20.2 Å². The van der Waals surface area contributed by atoms with E-state index in [0.29, 0.717) is 5.75 Å². The molecular formula is C12H13O. The van der Waals surface area contributed by atoms with Gasteiger partial charge in [0.15, 0.2) is 0 Å². The SMILES string of the molecule is Oc1ccc[c]c1C1=CCCCC1. The highest BCUT2D eigenvalue weighted by molar-refractivity contribution is 5.70. The van der Waals surface area contributed by atoms with E-state index in [4.69, 9.17) is 0 Å². The maximum Gasteiger partial charge on any atom is 0.123 e. The molecule has 1 nitrogen and oxygen atoms in total. The minimum atomic E-state index is 0.357. The van der Waals surface area contributed by atoms with Crippen molar-refractivity contribution in [2.75, 3.05) is 0 Å². The van der Waals surface area contributed by atoms with Crippen LogP contribution in [0.5, 0.6) is 5.75 Å². The molecule has 0 fully saturated rings. The fourth-order valence-electron chi connectivity index (χ4n) is 1.75. The van der Waals surface area contributed by atoms with Gasteiger partial charge in [0.25, 0.3) is 0 Å². The summed E-state index contributed by atoms with van der Waals surface area (Å²) in [6.07, 6.45) is 6.94. The van der Waals surface area contributed by atoms with Gasteiger partial charge in [0, 0.05) is 5.56 Å². The van der Waals surface area contributed by atoms with Crippen molar-refractivity contribution < 1.29 is 5.11 Å². The van der Waals surface area contributed by atoms with E-state index in [-0.39, 0.29) is 0 Å². The molecule has 13 heavy (non-hydrogen) atoms. The van der Waals surface area contributed by atoms with Crippen molar-refractivity contribution in [1.29, 1.82) is 0 Å². The molecule has 1 aromatic rings. The Labute approximate surface area is 78.7 Å². The molecule has 2 rings (SSSR count). The number of benzene rings is 1. The van der Waals surface area contributed by atoms with Gasteiger partial charge in [0.2, 0.25) is 0 Å². The summed E-state index contributed by atoms with van der Waals surface area (Å²) < 4.78 is 0. The summed E-state index contributed by atoms with van der Waals surface area (Å²) in [5.74, 6) is 0.357. The molecule has 0 heterocycles. The number of phenolic OH excluding ortho intramolecular Hbond substituents is 1. The number of hydrogen-bond acceptors (Lipinski definition) is 1. The zero-order chi connectivity index (χ0) is 9.10. The molecule has 0 bridgehead atoms. The summed E-state index contributed by atoms with van der Waals surface area (Å²) in [7, 11) is 0. The molecule has 1 aliphatic carbocycles. The molecule has 1 aliphatic rings. The van der Waals surface area contributed by atoms with Crippen LogP contribution in [0.4, 0.5) is 0 Å². The molecule has 0 aliphatic heterocycles. The first-order valence-electron chi connectivity index (χ1n) is 4.77. The molecule has 0 aromatic heterocycles. The summed E-state index contributed by atoms with van der Waals surface area (Å²) in [6, 6.07) is 8.47. The summed E-state index contributed by atoms with van der Waals surface area (Å²) in [5, 5.41) is 9.59. The third-order valence-corrected chi connectivity index (χ3v) is 2.45. The van der Waals surface area contributed by atoms with E-state index < -0.39 is 0 Å². The van der Waals surface area contributed by atoms with Crippen LogP contribution in [0.3, 0.4) is 0 Å². The summed E-state index contributed by atoms with van der Waals surface area (Å²) in [6.45, 7) is 0. The van der Waals surface area contributed by atoms with Crippen LogP contribution < -0.4 is 0 Å². The molecule has 0 saturated carbocycles. The zero-order valence-corrected chi connectivity index (χ0v) is 7.59.